The van der Waals surface area contributed by atoms with Crippen molar-refractivity contribution in [2.45, 2.75) is 32.4 Å². The molecule has 2 heterocycles. The lowest BCUT2D eigenvalue weighted by molar-refractivity contribution is 0.198. The summed E-state index contributed by atoms with van der Waals surface area (Å²) >= 11 is 0. The van der Waals surface area contributed by atoms with E-state index in [2.05, 4.69) is 4.98 Å². The molecule has 1 fully saturated rings. The average Bonchev–Trinajstić information content (AvgIpc) is 2.68. The molecule has 88 valence electrons. The first-order chi connectivity index (χ1) is 7.72. The minimum atomic E-state index is -0.332. The number of hydrogen-bond acceptors (Lipinski definition) is 4. The summed E-state index contributed by atoms with van der Waals surface area (Å²) in [4.78, 5) is 18.0. The summed E-state index contributed by atoms with van der Waals surface area (Å²) in [5.74, 6) is 0.465. The van der Waals surface area contributed by atoms with Crippen LogP contribution in [0.2, 0.25) is 0 Å². The molecule has 0 radical (unpaired) electrons. The van der Waals surface area contributed by atoms with Crippen molar-refractivity contribution >= 4 is 5.82 Å². The summed E-state index contributed by atoms with van der Waals surface area (Å²) in [6.45, 7) is 3.97. The molecule has 1 atom stereocenters. The molecule has 1 aromatic heterocycles. The maximum absolute atomic E-state index is 12.0. The Labute approximate surface area is 94.3 Å². The highest BCUT2D eigenvalue weighted by atomic mass is 16.3. The zero-order chi connectivity index (χ0) is 11.5. The van der Waals surface area contributed by atoms with Crippen molar-refractivity contribution < 1.29 is 5.11 Å². The van der Waals surface area contributed by atoms with E-state index < -0.39 is 0 Å². The third kappa shape index (κ3) is 2.09. The first kappa shape index (κ1) is 11.1. The van der Waals surface area contributed by atoms with Gasteiger partial charge >= 0.3 is 0 Å². The Morgan fingerprint density at radius 3 is 3.06 bits per heavy atom. The van der Waals surface area contributed by atoms with Crippen LogP contribution in [0.25, 0.3) is 0 Å². The van der Waals surface area contributed by atoms with Crippen LogP contribution in [0, 0.1) is 0 Å². The number of aliphatic hydroxyl groups is 1. The van der Waals surface area contributed by atoms with Gasteiger partial charge in [0.2, 0.25) is 0 Å². The highest BCUT2D eigenvalue weighted by molar-refractivity contribution is 5.37. The van der Waals surface area contributed by atoms with Gasteiger partial charge in [0.25, 0.3) is 5.56 Å². The smallest absolute Gasteiger partial charge is 0.293 e. The van der Waals surface area contributed by atoms with Crippen LogP contribution in [0.5, 0.6) is 0 Å². The van der Waals surface area contributed by atoms with E-state index in [1.165, 1.54) is 0 Å². The highest BCUT2D eigenvalue weighted by Gasteiger charge is 2.23. The van der Waals surface area contributed by atoms with Gasteiger partial charge in [-0.15, -0.1) is 0 Å². The zero-order valence-corrected chi connectivity index (χ0v) is 9.46. The standard InChI is InChI=1S/C11H17N3O2/c1-2-5-13-7-4-12-10(11(13)16)14-6-3-9(15)8-14/h4,7,9,15H,2-3,5-6,8H2,1H3/t9-/m0/s1. The first-order valence-electron chi connectivity index (χ1n) is 5.71. The molecule has 1 saturated heterocycles. The molecule has 1 aromatic rings. The predicted molar refractivity (Wildman–Crippen MR) is 61.6 cm³/mol. The van der Waals surface area contributed by atoms with Crippen LogP contribution in [-0.2, 0) is 6.54 Å². The molecule has 5 nitrogen and oxygen atoms in total. The van der Waals surface area contributed by atoms with E-state index in [0.717, 1.165) is 6.42 Å². The Morgan fingerprint density at radius 2 is 2.44 bits per heavy atom. The van der Waals surface area contributed by atoms with Gasteiger partial charge in [-0.25, -0.2) is 4.98 Å². The fourth-order valence-corrected chi connectivity index (χ4v) is 2.00. The van der Waals surface area contributed by atoms with Crippen molar-refractivity contribution in [2.75, 3.05) is 18.0 Å². The summed E-state index contributed by atoms with van der Waals surface area (Å²) in [6.07, 6.45) is 4.66. The Hall–Kier alpha value is -1.36. The van der Waals surface area contributed by atoms with Gasteiger partial charge in [-0.1, -0.05) is 6.92 Å². The molecule has 0 aromatic carbocycles. The van der Waals surface area contributed by atoms with Crippen molar-refractivity contribution in [1.82, 2.24) is 9.55 Å². The van der Waals surface area contributed by atoms with E-state index in [9.17, 15) is 9.90 Å². The summed E-state index contributed by atoms with van der Waals surface area (Å²) in [7, 11) is 0. The molecular formula is C11H17N3O2. The van der Waals surface area contributed by atoms with Gasteiger partial charge in [0, 0.05) is 32.0 Å². The number of nitrogens with zero attached hydrogens (tertiary/aromatic N) is 3. The molecule has 5 heteroatoms. The van der Waals surface area contributed by atoms with Crippen molar-refractivity contribution in [3.63, 3.8) is 0 Å². The van der Waals surface area contributed by atoms with Crippen molar-refractivity contribution in [2.24, 2.45) is 0 Å². The van der Waals surface area contributed by atoms with Crippen molar-refractivity contribution in [1.29, 1.82) is 0 Å². The molecule has 0 bridgehead atoms. The minimum absolute atomic E-state index is 0.0570. The third-order valence-electron chi connectivity index (χ3n) is 2.82. The summed E-state index contributed by atoms with van der Waals surface area (Å²) in [6, 6.07) is 0. The normalized spacial score (nSPS) is 20.4. The molecule has 0 amide bonds. The van der Waals surface area contributed by atoms with Crippen LogP contribution in [-0.4, -0.2) is 33.9 Å². The van der Waals surface area contributed by atoms with Gasteiger partial charge in [-0.05, 0) is 12.8 Å². The molecule has 0 saturated carbocycles. The number of aromatic nitrogens is 2. The topological polar surface area (TPSA) is 58.4 Å². The SMILES string of the molecule is CCCn1ccnc(N2CC[C@H](O)C2)c1=O. The molecule has 1 aliphatic rings. The Bertz CT molecular complexity index is 416. The maximum atomic E-state index is 12.0. The molecule has 0 aliphatic carbocycles. The highest BCUT2D eigenvalue weighted by Crippen LogP contribution is 2.13. The van der Waals surface area contributed by atoms with E-state index in [1.54, 1.807) is 17.0 Å². The fraction of sp³-hybridized carbons (Fsp3) is 0.636. The number of aryl methyl sites for hydroxylation is 1. The van der Waals surface area contributed by atoms with Gasteiger partial charge in [0.05, 0.1) is 6.10 Å². The second kappa shape index (κ2) is 4.65. The number of aliphatic hydroxyl groups excluding tert-OH is 1. The van der Waals surface area contributed by atoms with E-state index >= 15 is 0 Å². The third-order valence-corrected chi connectivity index (χ3v) is 2.82. The quantitative estimate of drug-likeness (QED) is 0.796. The molecule has 0 spiro atoms. The second-order valence-electron chi connectivity index (χ2n) is 4.14. The fourth-order valence-electron chi connectivity index (χ4n) is 2.00. The summed E-state index contributed by atoms with van der Waals surface area (Å²) in [5.41, 5.74) is -0.0570. The minimum Gasteiger partial charge on any atom is -0.391 e. The molecule has 2 rings (SSSR count). The Morgan fingerprint density at radius 1 is 1.62 bits per heavy atom. The van der Waals surface area contributed by atoms with Crippen LogP contribution in [0.1, 0.15) is 19.8 Å². The molecule has 1 N–H and O–H groups in total. The lowest BCUT2D eigenvalue weighted by Gasteiger charge is -2.16. The van der Waals surface area contributed by atoms with Crippen LogP contribution in [0.4, 0.5) is 5.82 Å². The van der Waals surface area contributed by atoms with E-state index in [4.69, 9.17) is 0 Å². The molecular weight excluding hydrogens is 206 g/mol. The molecule has 0 unspecified atom stereocenters. The zero-order valence-electron chi connectivity index (χ0n) is 9.46. The Balaban J connectivity index is 2.27. The van der Waals surface area contributed by atoms with Gasteiger partial charge in [-0.3, -0.25) is 4.79 Å². The Kier molecular flexibility index (Phi) is 3.24. The van der Waals surface area contributed by atoms with E-state index in [-0.39, 0.29) is 11.7 Å². The van der Waals surface area contributed by atoms with Crippen molar-refractivity contribution in [3.05, 3.63) is 22.7 Å². The number of anilines is 1. The summed E-state index contributed by atoms with van der Waals surface area (Å²) in [5, 5.41) is 9.45. The number of rotatable bonds is 3. The van der Waals surface area contributed by atoms with Crippen LogP contribution >= 0.6 is 0 Å². The molecule has 16 heavy (non-hydrogen) atoms. The van der Waals surface area contributed by atoms with E-state index in [0.29, 0.717) is 31.9 Å². The van der Waals surface area contributed by atoms with E-state index in [1.807, 2.05) is 11.8 Å². The average molecular weight is 223 g/mol. The maximum Gasteiger partial charge on any atom is 0.293 e. The lowest BCUT2D eigenvalue weighted by atomic mass is 10.3. The van der Waals surface area contributed by atoms with Gasteiger partial charge < -0.3 is 14.6 Å². The number of β-amino-alcohol motifs (C(OH)–C–C–N with tert-alkyl or cyclic N) is 1. The molecule has 1 aliphatic heterocycles. The largest absolute Gasteiger partial charge is 0.391 e. The van der Waals surface area contributed by atoms with Crippen LogP contribution in [0.15, 0.2) is 17.2 Å². The van der Waals surface area contributed by atoms with Gasteiger partial charge in [0.15, 0.2) is 5.82 Å². The van der Waals surface area contributed by atoms with Crippen molar-refractivity contribution in [3.8, 4) is 0 Å². The van der Waals surface area contributed by atoms with Gasteiger partial charge in [0.1, 0.15) is 0 Å². The number of hydrogen-bond donors (Lipinski definition) is 1. The van der Waals surface area contributed by atoms with Crippen LogP contribution < -0.4 is 10.5 Å². The van der Waals surface area contributed by atoms with Gasteiger partial charge in [-0.2, -0.15) is 0 Å². The van der Waals surface area contributed by atoms with Crippen LogP contribution in [0.3, 0.4) is 0 Å². The lowest BCUT2D eigenvalue weighted by Crippen LogP contribution is -2.32. The predicted octanol–water partition coefficient (Wildman–Crippen LogP) is 0.224. The monoisotopic (exact) mass is 223 g/mol. The second-order valence-corrected chi connectivity index (χ2v) is 4.14. The first-order valence-corrected chi connectivity index (χ1v) is 5.71. The summed E-state index contributed by atoms with van der Waals surface area (Å²) < 4.78 is 1.67.